The molecule has 1 N–H and O–H groups in total. The van der Waals surface area contributed by atoms with Crippen molar-refractivity contribution >= 4 is 5.95 Å². The molecule has 0 bridgehead atoms. The first-order valence-electron chi connectivity index (χ1n) is 6.14. The quantitative estimate of drug-likeness (QED) is 0.804. The lowest BCUT2D eigenvalue weighted by molar-refractivity contribution is 0.0332. The summed E-state index contributed by atoms with van der Waals surface area (Å²) in [5.41, 5.74) is 1.90. The number of hydrogen-bond donors (Lipinski definition) is 1. The maximum absolute atomic E-state index is 9.94. The second-order valence-electron chi connectivity index (χ2n) is 5.67. The summed E-state index contributed by atoms with van der Waals surface area (Å²) >= 11 is 0. The van der Waals surface area contributed by atoms with Crippen LogP contribution in [0.25, 0.3) is 0 Å². The molecule has 1 aliphatic heterocycles. The number of aliphatic hydroxyl groups excluding tert-OH is 1. The van der Waals surface area contributed by atoms with Crippen LogP contribution in [0.1, 0.15) is 31.7 Å². The van der Waals surface area contributed by atoms with Gasteiger partial charge >= 0.3 is 0 Å². The number of hydrogen-bond acceptors (Lipinski definition) is 4. The molecule has 2 rings (SSSR count). The molecule has 1 aromatic heterocycles. The van der Waals surface area contributed by atoms with Crippen molar-refractivity contribution in [3.05, 3.63) is 17.5 Å². The van der Waals surface area contributed by atoms with E-state index in [1.807, 2.05) is 19.9 Å². The molecule has 0 aromatic carbocycles. The highest BCUT2D eigenvalue weighted by atomic mass is 16.3. The van der Waals surface area contributed by atoms with Crippen molar-refractivity contribution in [3.63, 3.8) is 0 Å². The predicted octanol–water partition coefficient (Wildman–Crippen LogP) is 1.69. The third-order valence-corrected chi connectivity index (χ3v) is 3.43. The standard InChI is InChI=1S/C13H21N3O/c1-9-7-10(2)15-12(14-9)16-6-5-11(17)13(3,4)8-16/h7,11,17H,5-6,8H2,1-4H3. The Morgan fingerprint density at radius 2 is 1.88 bits per heavy atom. The summed E-state index contributed by atoms with van der Waals surface area (Å²) in [6.07, 6.45) is 0.549. The van der Waals surface area contributed by atoms with Gasteiger partial charge in [0.2, 0.25) is 5.95 Å². The van der Waals surface area contributed by atoms with Gasteiger partial charge in [0.05, 0.1) is 6.10 Å². The maximum atomic E-state index is 9.94. The van der Waals surface area contributed by atoms with Crippen molar-refractivity contribution in [1.82, 2.24) is 9.97 Å². The summed E-state index contributed by atoms with van der Waals surface area (Å²) in [4.78, 5) is 11.1. The molecule has 2 heterocycles. The lowest BCUT2D eigenvalue weighted by atomic mass is 9.81. The Hall–Kier alpha value is -1.16. The number of rotatable bonds is 1. The van der Waals surface area contributed by atoms with E-state index in [-0.39, 0.29) is 11.5 Å². The zero-order chi connectivity index (χ0) is 12.6. The van der Waals surface area contributed by atoms with Crippen LogP contribution < -0.4 is 4.90 Å². The minimum Gasteiger partial charge on any atom is -0.392 e. The van der Waals surface area contributed by atoms with Gasteiger partial charge in [0.25, 0.3) is 0 Å². The minimum absolute atomic E-state index is 0.0980. The molecule has 0 spiro atoms. The van der Waals surface area contributed by atoms with E-state index in [1.165, 1.54) is 0 Å². The molecule has 1 unspecified atom stereocenters. The van der Waals surface area contributed by atoms with Crippen LogP contribution in [0.5, 0.6) is 0 Å². The smallest absolute Gasteiger partial charge is 0.225 e. The van der Waals surface area contributed by atoms with Gasteiger partial charge in [0.1, 0.15) is 0 Å². The van der Waals surface area contributed by atoms with E-state index in [9.17, 15) is 5.11 Å². The Labute approximate surface area is 103 Å². The molecule has 0 saturated carbocycles. The van der Waals surface area contributed by atoms with E-state index in [4.69, 9.17) is 0 Å². The van der Waals surface area contributed by atoms with Crippen molar-refractivity contribution in [2.24, 2.45) is 5.41 Å². The van der Waals surface area contributed by atoms with Crippen molar-refractivity contribution < 1.29 is 5.11 Å². The molecule has 0 amide bonds. The van der Waals surface area contributed by atoms with Crippen LogP contribution in [-0.2, 0) is 0 Å². The molecule has 1 fully saturated rings. The Bertz CT molecular complexity index is 397. The first-order chi connectivity index (χ1) is 7.88. The molecular formula is C13H21N3O. The summed E-state index contributed by atoms with van der Waals surface area (Å²) in [7, 11) is 0. The van der Waals surface area contributed by atoms with Crippen molar-refractivity contribution in [3.8, 4) is 0 Å². The zero-order valence-corrected chi connectivity index (χ0v) is 11.1. The fourth-order valence-electron chi connectivity index (χ4n) is 2.36. The summed E-state index contributed by atoms with van der Waals surface area (Å²) < 4.78 is 0. The summed E-state index contributed by atoms with van der Waals surface area (Å²) in [5.74, 6) is 0.794. The highest BCUT2D eigenvalue weighted by molar-refractivity contribution is 5.33. The Kier molecular flexibility index (Phi) is 3.08. The average molecular weight is 235 g/mol. The minimum atomic E-state index is -0.232. The molecule has 17 heavy (non-hydrogen) atoms. The lowest BCUT2D eigenvalue weighted by Gasteiger charge is -2.41. The number of aromatic nitrogens is 2. The second-order valence-corrected chi connectivity index (χ2v) is 5.67. The third-order valence-electron chi connectivity index (χ3n) is 3.43. The predicted molar refractivity (Wildman–Crippen MR) is 68.1 cm³/mol. The molecule has 1 aliphatic rings. The molecule has 0 aliphatic carbocycles. The van der Waals surface area contributed by atoms with Crippen LogP contribution in [0.2, 0.25) is 0 Å². The summed E-state index contributed by atoms with van der Waals surface area (Å²) in [6, 6.07) is 1.98. The van der Waals surface area contributed by atoms with Gasteiger partial charge in [-0.05, 0) is 26.3 Å². The third kappa shape index (κ3) is 2.57. The van der Waals surface area contributed by atoms with E-state index in [0.29, 0.717) is 0 Å². The van der Waals surface area contributed by atoms with E-state index >= 15 is 0 Å². The topological polar surface area (TPSA) is 49.2 Å². The average Bonchev–Trinajstić information content (AvgIpc) is 2.20. The van der Waals surface area contributed by atoms with Gasteiger partial charge in [-0.3, -0.25) is 0 Å². The van der Waals surface area contributed by atoms with E-state index in [1.54, 1.807) is 0 Å². The van der Waals surface area contributed by atoms with Gasteiger partial charge < -0.3 is 10.0 Å². The van der Waals surface area contributed by atoms with Gasteiger partial charge in [-0.15, -0.1) is 0 Å². The summed E-state index contributed by atoms with van der Waals surface area (Å²) in [5, 5.41) is 9.94. The monoisotopic (exact) mass is 235 g/mol. The van der Waals surface area contributed by atoms with Gasteiger partial charge in [-0.2, -0.15) is 0 Å². The molecule has 1 atom stereocenters. The highest BCUT2D eigenvalue weighted by Gasteiger charge is 2.35. The normalized spacial score (nSPS) is 23.8. The number of aryl methyl sites for hydroxylation is 2. The van der Waals surface area contributed by atoms with Crippen LogP contribution in [0.3, 0.4) is 0 Å². The maximum Gasteiger partial charge on any atom is 0.225 e. The van der Waals surface area contributed by atoms with Crippen molar-refractivity contribution in [2.75, 3.05) is 18.0 Å². The van der Waals surface area contributed by atoms with Gasteiger partial charge in [0.15, 0.2) is 0 Å². The number of nitrogens with zero attached hydrogens (tertiary/aromatic N) is 3. The first-order valence-corrected chi connectivity index (χ1v) is 6.14. The number of aliphatic hydroxyl groups is 1. The zero-order valence-electron chi connectivity index (χ0n) is 11.1. The largest absolute Gasteiger partial charge is 0.392 e. The van der Waals surface area contributed by atoms with Crippen molar-refractivity contribution in [1.29, 1.82) is 0 Å². The molecular weight excluding hydrogens is 214 g/mol. The Morgan fingerprint density at radius 3 is 2.41 bits per heavy atom. The van der Waals surface area contributed by atoms with Gasteiger partial charge in [-0.25, -0.2) is 9.97 Å². The number of anilines is 1. The molecule has 94 valence electrons. The van der Waals surface area contributed by atoms with Crippen LogP contribution in [0.4, 0.5) is 5.95 Å². The van der Waals surface area contributed by atoms with Crippen LogP contribution >= 0.6 is 0 Å². The molecule has 4 nitrogen and oxygen atoms in total. The SMILES string of the molecule is Cc1cc(C)nc(N2CCC(O)C(C)(C)C2)n1. The van der Waals surface area contributed by atoms with Crippen molar-refractivity contribution in [2.45, 2.75) is 40.2 Å². The van der Waals surface area contributed by atoms with E-state index < -0.39 is 0 Å². The van der Waals surface area contributed by atoms with Gasteiger partial charge in [-0.1, -0.05) is 13.8 Å². The van der Waals surface area contributed by atoms with Gasteiger partial charge in [0, 0.05) is 29.9 Å². The molecule has 4 heteroatoms. The second kappa shape index (κ2) is 4.26. The van der Waals surface area contributed by atoms with Crippen LogP contribution in [0.15, 0.2) is 6.07 Å². The molecule has 1 aromatic rings. The number of piperidine rings is 1. The van der Waals surface area contributed by atoms with E-state index in [2.05, 4.69) is 28.7 Å². The molecule has 1 saturated heterocycles. The fourth-order valence-corrected chi connectivity index (χ4v) is 2.36. The first kappa shape index (κ1) is 12.3. The Morgan fingerprint density at radius 1 is 1.29 bits per heavy atom. The van der Waals surface area contributed by atoms with Crippen LogP contribution in [0, 0.1) is 19.3 Å². The lowest BCUT2D eigenvalue weighted by Crippen LogP contribution is -2.49. The molecule has 0 radical (unpaired) electrons. The van der Waals surface area contributed by atoms with Crippen LogP contribution in [-0.4, -0.2) is 34.3 Å². The fraction of sp³-hybridized carbons (Fsp3) is 0.692. The highest BCUT2D eigenvalue weighted by Crippen LogP contribution is 2.30. The Balaban J connectivity index is 2.23. The van der Waals surface area contributed by atoms with E-state index in [0.717, 1.165) is 36.8 Å². The summed E-state index contributed by atoms with van der Waals surface area (Å²) in [6.45, 7) is 9.79.